The number of benzene rings is 1. The van der Waals surface area contributed by atoms with Crippen LogP contribution in [0.15, 0.2) is 43.9 Å². The standard InChI is InChI=1S/C28H40F6I2O6S2/c1-3-5-7-9-11-13-15-25(41-43(37,38)27(29,30)31)21-35-23-17-19-24(20-18-23)36-22-26(16-14-12-10-8-6-4-2)42-44(39,40)28(32,33)34/h17-22H,3-16H2,1-2H3/q+2/b25-21-,26-22+. The lowest BCUT2D eigenvalue weighted by Gasteiger charge is -2.10. The molecule has 1 aromatic rings. The van der Waals surface area contributed by atoms with Crippen molar-refractivity contribution < 1.29 is 94.0 Å². The molecule has 0 aliphatic rings. The van der Waals surface area contributed by atoms with E-state index in [1.807, 2.05) is 0 Å². The zero-order valence-corrected chi connectivity index (χ0v) is 30.6. The van der Waals surface area contributed by atoms with Gasteiger partial charge >= 0.3 is 73.7 Å². The van der Waals surface area contributed by atoms with Crippen molar-refractivity contribution in [2.24, 2.45) is 0 Å². The fourth-order valence-corrected chi connectivity index (χ4v) is 8.79. The summed E-state index contributed by atoms with van der Waals surface area (Å²) in [5.74, 6) is -0.486. The van der Waals surface area contributed by atoms with E-state index in [0.29, 0.717) is 12.8 Å². The number of halogens is 8. The van der Waals surface area contributed by atoms with Gasteiger partial charge in [0, 0.05) is 12.8 Å². The normalized spacial score (nSPS) is 13.7. The average molecular weight is 905 g/mol. The largest absolute Gasteiger partial charge is 0.534 e. The van der Waals surface area contributed by atoms with Crippen molar-refractivity contribution in [3.8, 4) is 0 Å². The van der Waals surface area contributed by atoms with E-state index < -0.39 is 73.7 Å². The summed E-state index contributed by atoms with van der Waals surface area (Å²) in [6.07, 6.45) is 10.4. The van der Waals surface area contributed by atoms with Crippen LogP contribution in [0.2, 0.25) is 0 Å². The Morgan fingerprint density at radius 1 is 0.591 bits per heavy atom. The molecule has 0 heterocycles. The average Bonchev–Trinajstić information content (AvgIpc) is 2.93. The third-order valence-corrected chi connectivity index (χ3v) is 12.9. The maximum atomic E-state index is 12.9. The van der Waals surface area contributed by atoms with Gasteiger partial charge in [-0.3, -0.25) is 0 Å². The molecule has 0 aliphatic heterocycles. The molecule has 0 spiro atoms. The highest BCUT2D eigenvalue weighted by atomic mass is 127. The van der Waals surface area contributed by atoms with Gasteiger partial charge in [0.25, 0.3) is 0 Å². The Bertz CT molecular complexity index is 1150. The van der Waals surface area contributed by atoms with Crippen molar-refractivity contribution in [1.29, 1.82) is 0 Å². The van der Waals surface area contributed by atoms with Crippen LogP contribution in [0.3, 0.4) is 0 Å². The van der Waals surface area contributed by atoms with Crippen LogP contribution in [0.5, 0.6) is 0 Å². The molecule has 0 aromatic heterocycles. The lowest BCUT2D eigenvalue weighted by molar-refractivity contribution is -0.564. The summed E-state index contributed by atoms with van der Waals surface area (Å²) in [4.78, 5) is 0. The summed E-state index contributed by atoms with van der Waals surface area (Å²) < 4.78 is 137. The summed E-state index contributed by atoms with van der Waals surface area (Å²) in [5, 5.41) is 0. The highest BCUT2D eigenvalue weighted by molar-refractivity contribution is 7.88. The molecular formula is C28H40F6I2O6S2+2. The van der Waals surface area contributed by atoms with Gasteiger partial charge in [-0.1, -0.05) is 78.1 Å². The van der Waals surface area contributed by atoms with E-state index in [0.717, 1.165) is 71.3 Å². The molecular weight excluding hydrogens is 864 g/mol. The summed E-state index contributed by atoms with van der Waals surface area (Å²) in [5.41, 5.74) is -11.1. The summed E-state index contributed by atoms with van der Waals surface area (Å²) in [6, 6.07) is 6.81. The van der Waals surface area contributed by atoms with Crippen molar-refractivity contribution in [2.75, 3.05) is 0 Å². The third kappa shape index (κ3) is 16.7. The van der Waals surface area contributed by atoms with Gasteiger partial charge in [0.15, 0.2) is 26.8 Å². The maximum absolute atomic E-state index is 12.9. The molecule has 0 N–H and O–H groups in total. The van der Waals surface area contributed by atoms with Crippen molar-refractivity contribution in [2.45, 2.75) is 115 Å². The molecule has 254 valence electrons. The Balaban J connectivity index is 2.96. The van der Waals surface area contributed by atoms with Crippen LogP contribution in [0, 0.1) is 7.14 Å². The van der Waals surface area contributed by atoms with Gasteiger partial charge in [-0.25, -0.2) is 0 Å². The van der Waals surface area contributed by atoms with Gasteiger partial charge in [0.2, 0.25) is 0 Å². The molecule has 16 heteroatoms. The smallest absolute Gasteiger partial charge is 0.376 e. The Hall–Kier alpha value is -0.760. The number of alkyl halides is 6. The molecule has 0 amide bonds. The fourth-order valence-electron chi connectivity index (χ4n) is 3.59. The molecule has 0 bridgehead atoms. The number of allylic oxidation sites excluding steroid dienone is 2. The van der Waals surface area contributed by atoms with Gasteiger partial charge in [-0.05, 0) is 37.1 Å². The lowest BCUT2D eigenvalue weighted by Crippen LogP contribution is -3.59. The van der Waals surface area contributed by atoms with Crippen LogP contribution >= 0.6 is 0 Å². The van der Waals surface area contributed by atoms with Crippen LogP contribution < -0.4 is 42.4 Å². The van der Waals surface area contributed by atoms with E-state index in [-0.39, 0.29) is 24.4 Å². The predicted octanol–water partition coefficient (Wildman–Crippen LogP) is 3.12. The Labute approximate surface area is 278 Å². The SMILES string of the molecule is CCCCCCCC/C(=C/[I+]c1ccc([I+]/C=C(\CCCCCCCC)OS(=O)(=O)C(F)(F)F)cc1)OS(=O)(=O)C(F)(F)F. The monoisotopic (exact) mass is 904 g/mol. The molecule has 6 nitrogen and oxygen atoms in total. The fraction of sp³-hybridized carbons (Fsp3) is 0.643. The minimum Gasteiger partial charge on any atom is -0.376 e. The van der Waals surface area contributed by atoms with Crippen LogP contribution in [-0.4, -0.2) is 27.9 Å². The van der Waals surface area contributed by atoms with Crippen LogP contribution in [0.1, 0.15) is 104 Å². The van der Waals surface area contributed by atoms with Crippen molar-refractivity contribution in [3.05, 3.63) is 51.1 Å². The van der Waals surface area contributed by atoms with E-state index in [1.54, 1.807) is 24.3 Å². The predicted molar refractivity (Wildman–Crippen MR) is 148 cm³/mol. The first-order chi connectivity index (χ1) is 20.5. The second-order valence-electron chi connectivity index (χ2n) is 9.81. The second-order valence-corrected chi connectivity index (χ2v) is 17.9. The number of hydrogen-bond donors (Lipinski definition) is 0. The summed E-state index contributed by atoms with van der Waals surface area (Å²) in [6.45, 7) is 4.11. The third-order valence-electron chi connectivity index (χ3n) is 5.96. The minimum absolute atomic E-state index is 0.0533. The first-order valence-corrected chi connectivity index (χ1v) is 21.8. The molecule has 1 aromatic carbocycles. The Morgan fingerprint density at radius 3 is 1.18 bits per heavy atom. The topological polar surface area (TPSA) is 86.7 Å². The van der Waals surface area contributed by atoms with E-state index in [9.17, 15) is 43.2 Å². The van der Waals surface area contributed by atoms with E-state index in [4.69, 9.17) is 0 Å². The van der Waals surface area contributed by atoms with Crippen molar-refractivity contribution in [1.82, 2.24) is 0 Å². The Morgan fingerprint density at radius 2 is 0.886 bits per heavy atom. The highest BCUT2D eigenvalue weighted by Crippen LogP contribution is 2.28. The maximum Gasteiger partial charge on any atom is 0.534 e. The molecule has 0 fully saturated rings. The molecule has 0 saturated carbocycles. The molecule has 0 radical (unpaired) electrons. The Kier molecular flexibility index (Phi) is 19.2. The van der Waals surface area contributed by atoms with Crippen LogP contribution in [0.25, 0.3) is 0 Å². The first kappa shape index (κ1) is 41.3. The first-order valence-electron chi connectivity index (χ1n) is 14.3. The summed E-state index contributed by atoms with van der Waals surface area (Å²) >= 11 is -2.14. The molecule has 1 rings (SSSR count). The van der Waals surface area contributed by atoms with Gasteiger partial charge in [0.1, 0.15) is 0 Å². The van der Waals surface area contributed by atoms with Crippen molar-refractivity contribution >= 4 is 20.2 Å². The van der Waals surface area contributed by atoms with E-state index >= 15 is 0 Å². The van der Waals surface area contributed by atoms with Gasteiger partial charge < -0.3 is 8.37 Å². The molecule has 0 aliphatic carbocycles. The zero-order valence-electron chi connectivity index (χ0n) is 24.7. The highest BCUT2D eigenvalue weighted by Gasteiger charge is 2.50. The number of rotatable bonds is 22. The number of hydrogen-bond acceptors (Lipinski definition) is 6. The van der Waals surface area contributed by atoms with Gasteiger partial charge in [-0.2, -0.15) is 43.2 Å². The molecule has 0 atom stereocenters. The van der Waals surface area contributed by atoms with Crippen LogP contribution in [0.4, 0.5) is 26.3 Å². The quantitative estimate of drug-likeness (QED) is 0.0445. The second kappa shape index (κ2) is 20.5. The van der Waals surface area contributed by atoms with E-state index in [2.05, 4.69) is 22.2 Å². The number of unbranched alkanes of at least 4 members (excludes halogenated alkanes) is 10. The van der Waals surface area contributed by atoms with E-state index in [1.165, 1.54) is 8.17 Å². The summed E-state index contributed by atoms with van der Waals surface area (Å²) in [7, 11) is -11.6. The van der Waals surface area contributed by atoms with Gasteiger partial charge in [-0.15, -0.1) is 0 Å². The minimum atomic E-state index is -5.79. The molecule has 0 unspecified atom stereocenters. The molecule has 44 heavy (non-hydrogen) atoms. The van der Waals surface area contributed by atoms with Gasteiger partial charge in [0.05, 0.1) is 0 Å². The van der Waals surface area contributed by atoms with Crippen LogP contribution in [-0.2, 0) is 28.6 Å². The molecule has 0 saturated heterocycles. The lowest BCUT2D eigenvalue weighted by atomic mass is 10.1. The van der Waals surface area contributed by atoms with Crippen molar-refractivity contribution in [3.63, 3.8) is 0 Å². The zero-order chi connectivity index (χ0) is 33.3.